The first kappa shape index (κ1) is 16.4. The fraction of sp³-hybridized carbons (Fsp3) is 0.105. The number of hydrogen-bond acceptors (Lipinski definition) is 4. The van der Waals surface area contributed by atoms with Crippen LogP contribution in [0.2, 0.25) is 0 Å². The van der Waals surface area contributed by atoms with Crippen LogP contribution in [-0.2, 0) is 0 Å². The van der Waals surface area contributed by atoms with Crippen LogP contribution < -0.4 is 10.6 Å². The SMILES string of the molecule is CC(N=[N+]=NC(=O)c1cc(N)ccc1O)c1ccc2ccccc2c1. The van der Waals surface area contributed by atoms with Gasteiger partial charge in [0.05, 0.1) is 5.56 Å². The Bertz CT molecular complexity index is 1010. The Morgan fingerprint density at radius 3 is 2.64 bits per heavy atom. The molecule has 0 spiro atoms. The van der Waals surface area contributed by atoms with Crippen molar-refractivity contribution in [1.29, 1.82) is 0 Å². The summed E-state index contributed by atoms with van der Waals surface area (Å²) in [6, 6.07) is 18.0. The Hall–Kier alpha value is -3.50. The van der Waals surface area contributed by atoms with Crippen LogP contribution in [0.3, 0.4) is 0 Å². The lowest BCUT2D eigenvalue weighted by atomic mass is 10.0. The molecule has 0 bridgehead atoms. The van der Waals surface area contributed by atoms with Crippen LogP contribution in [0.5, 0.6) is 5.75 Å². The summed E-state index contributed by atoms with van der Waals surface area (Å²) in [5.41, 5.74) is 6.93. The molecule has 1 atom stereocenters. The number of rotatable bonds is 3. The molecular formula is C19H17N4O2+. The molecular weight excluding hydrogens is 316 g/mol. The van der Waals surface area contributed by atoms with E-state index in [0.717, 1.165) is 16.3 Å². The van der Waals surface area contributed by atoms with Crippen molar-refractivity contribution in [2.75, 3.05) is 5.73 Å². The van der Waals surface area contributed by atoms with Crippen molar-refractivity contribution in [1.82, 2.24) is 4.91 Å². The summed E-state index contributed by atoms with van der Waals surface area (Å²) >= 11 is 0. The lowest BCUT2D eigenvalue weighted by molar-refractivity contribution is 0.0989. The Kier molecular flexibility index (Phi) is 4.55. The molecule has 0 aromatic heterocycles. The molecule has 0 aliphatic rings. The second kappa shape index (κ2) is 6.95. The van der Waals surface area contributed by atoms with Gasteiger partial charge in [0, 0.05) is 5.69 Å². The number of carbonyl (C=O) groups excluding carboxylic acids is 1. The Morgan fingerprint density at radius 1 is 1.08 bits per heavy atom. The molecule has 0 fully saturated rings. The maximum Gasteiger partial charge on any atom is 0.364 e. The third-order valence-electron chi connectivity index (χ3n) is 3.87. The first-order valence-electron chi connectivity index (χ1n) is 7.77. The Morgan fingerprint density at radius 2 is 1.84 bits per heavy atom. The second-order valence-corrected chi connectivity index (χ2v) is 5.67. The van der Waals surface area contributed by atoms with E-state index >= 15 is 0 Å². The van der Waals surface area contributed by atoms with Crippen LogP contribution in [0.4, 0.5) is 5.69 Å². The molecule has 3 rings (SSSR count). The summed E-state index contributed by atoms with van der Waals surface area (Å²) in [6.07, 6.45) is 0. The van der Waals surface area contributed by atoms with E-state index in [1.165, 1.54) is 18.2 Å². The van der Waals surface area contributed by atoms with Gasteiger partial charge in [-0.15, -0.1) is 0 Å². The quantitative estimate of drug-likeness (QED) is 0.328. The van der Waals surface area contributed by atoms with Crippen molar-refractivity contribution < 1.29 is 9.90 Å². The minimum Gasteiger partial charge on any atom is -0.507 e. The highest BCUT2D eigenvalue weighted by molar-refractivity contribution is 5.97. The van der Waals surface area contributed by atoms with Crippen molar-refractivity contribution in [3.05, 3.63) is 71.8 Å². The van der Waals surface area contributed by atoms with Gasteiger partial charge >= 0.3 is 5.91 Å². The number of nitrogens with zero attached hydrogens (tertiary/aromatic N) is 3. The molecule has 1 unspecified atom stereocenters. The molecule has 0 radical (unpaired) electrons. The number of benzene rings is 3. The number of phenols is 1. The lowest BCUT2D eigenvalue weighted by Crippen LogP contribution is -1.98. The van der Waals surface area contributed by atoms with E-state index in [2.05, 4.69) is 15.1 Å². The van der Waals surface area contributed by atoms with Gasteiger partial charge < -0.3 is 10.8 Å². The van der Waals surface area contributed by atoms with E-state index < -0.39 is 5.91 Å². The zero-order chi connectivity index (χ0) is 17.8. The van der Waals surface area contributed by atoms with Crippen LogP contribution in [-0.4, -0.2) is 11.0 Å². The van der Waals surface area contributed by atoms with Gasteiger partial charge in [0.15, 0.2) is 6.04 Å². The van der Waals surface area contributed by atoms with Crippen molar-refractivity contribution in [3.63, 3.8) is 0 Å². The molecule has 124 valence electrons. The molecule has 0 aliphatic heterocycles. The zero-order valence-corrected chi connectivity index (χ0v) is 13.6. The molecule has 6 nitrogen and oxygen atoms in total. The van der Waals surface area contributed by atoms with Gasteiger partial charge in [0.2, 0.25) is 10.0 Å². The van der Waals surface area contributed by atoms with Crippen LogP contribution >= 0.6 is 0 Å². The number of fused-ring (bicyclic) bond motifs is 1. The number of anilines is 1. The van der Waals surface area contributed by atoms with E-state index in [1.807, 2.05) is 49.4 Å². The van der Waals surface area contributed by atoms with Gasteiger partial charge in [-0.1, -0.05) is 36.4 Å². The number of amides is 1. The topological polar surface area (TPSA) is 102 Å². The summed E-state index contributed by atoms with van der Waals surface area (Å²) in [6.45, 7) is 1.87. The normalized spacial score (nSPS) is 11.6. The smallest absolute Gasteiger partial charge is 0.364 e. The Balaban J connectivity index is 1.80. The molecule has 0 aliphatic carbocycles. The lowest BCUT2D eigenvalue weighted by Gasteiger charge is -2.02. The van der Waals surface area contributed by atoms with Crippen LogP contribution in [0.25, 0.3) is 10.8 Å². The molecule has 0 saturated carbocycles. The largest absolute Gasteiger partial charge is 0.507 e. The molecule has 3 N–H and O–H groups in total. The number of aromatic hydroxyl groups is 1. The third kappa shape index (κ3) is 3.71. The summed E-state index contributed by atoms with van der Waals surface area (Å²) < 4.78 is 0. The standard InChI is InChI=1S/C19H16N4O2/c1-12(14-7-6-13-4-2-3-5-15(13)10-14)21-23-22-19(25)17-11-16(20)8-9-18(17)24/h2-12,20H,1H3,(H,21,22,25)/p+1. The van der Waals surface area contributed by atoms with Crippen LogP contribution in [0.1, 0.15) is 28.9 Å². The van der Waals surface area contributed by atoms with Gasteiger partial charge in [0.1, 0.15) is 10.9 Å². The van der Waals surface area contributed by atoms with Crippen LogP contribution in [0.15, 0.2) is 70.9 Å². The fourth-order valence-electron chi connectivity index (χ4n) is 2.46. The first-order chi connectivity index (χ1) is 12.0. The highest BCUT2D eigenvalue weighted by Crippen LogP contribution is 2.22. The summed E-state index contributed by atoms with van der Waals surface area (Å²) in [7, 11) is 0. The predicted octanol–water partition coefficient (Wildman–Crippen LogP) is 4.00. The number of phenolic OH excluding ortho intramolecular Hbond substituents is 1. The minimum atomic E-state index is -0.695. The Labute approximate surface area is 144 Å². The van der Waals surface area contributed by atoms with Gasteiger partial charge in [-0.3, -0.25) is 4.79 Å². The van der Waals surface area contributed by atoms with E-state index in [9.17, 15) is 9.90 Å². The van der Waals surface area contributed by atoms with E-state index in [4.69, 9.17) is 5.73 Å². The summed E-state index contributed by atoms with van der Waals surface area (Å²) in [5, 5.41) is 19.5. The van der Waals surface area contributed by atoms with Crippen molar-refractivity contribution >= 4 is 22.4 Å². The first-order valence-corrected chi connectivity index (χ1v) is 7.77. The molecule has 25 heavy (non-hydrogen) atoms. The van der Waals surface area contributed by atoms with Crippen molar-refractivity contribution in [3.8, 4) is 5.75 Å². The number of hydrogen-bond donors (Lipinski definition) is 2. The highest BCUT2D eigenvalue weighted by atomic mass is 16.3. The molecule has 1 amide bonds. The molecule has 3 aromatic carbocycles. The van der Waals surface area contributed by atoms with Crippen molar-refractivity contribution in [2.45, 2.75) is 13.0 Å². The molecule has 3 aromatic rings. The number of nitrogen functional groups attached to an aromatic ring is 1. The average Bonchev–Trinajstić information content (AvgIpc) is 2.63. The highest BCUT2D eigenvalue weighted by Gasteiger charge is 2.16. The van der Waals surface area contributed by atoms with E-state index in [1.54, 1.807) is 0 Å². The molecule has 0 heterocycles. The number of nitrogens with two attached hydrogens (primary N) is 1. The van der Waals surface area contributed by atoms with E-state index in [0.29, 0.717) is 5.69 Å². The monoisotopic (exact) mass is 333 g/mol. The zero-order valence-electron chi connectivity index (χ0n) is 13.6. The predicted molar refractivity (Wildman–Crippen MR) is 96.2 cm³/mol. The molecule has 0 saturated heterocycles. The maximum absolute atomic E-state index is 12.0. The average molecular weight is 333 g/mol. The second-order valence-electron chi connectivity index (χ2n) is 5.67. The third-order valence-corrected chi connectivity index (χ3v) is 3.87. The minimum absolute atomic E-state index is 0.00249. The summed E-state index contributed by atoms with van der Waals surface area (Å²) in [5.74, 6) is -0.889. The summed E-state index contributed by atoms with van der Waals surface area (Å²) in [4.78, 5) is 15.6. The van der Waals surface area contributed by atoms with Crippen LogP contribution in [0, 0.1) is 0 Å². The van der Waals surface area contributed by atoms with Gasteiger partial charge in [0.25, 0.3) is 0 Å². The number of carbonyl (C=O) groups is 1. The fourth-order valence-corrected chi connectivity index (χ4v) is 2.46. The van der Waals surface area contributed by atoms with Gasteiger partial charge in [-0.25, -0.2) is 0 Å². The van der Waals surface area contributed by atoms with Gasteiger partial charge in [-0.2, -0.15) is 0 Å². The maximum atomic E-state index is 12.0. The molecule has 6 heteroatoms. The van der Waals surface area contributed by atoms with Gasteiger partial charge in [-0.05, 0) is 47.5 Å². The van der Waals surface area contributed by atoms with Crippen molar-refractivity contribution in [2.24, 2.45) is 10.2 Å². The van der Waals surface area contributed by atoms with E-state index in [-0.39, 0.29) is 17.4 Å².